The normalized spacial score (nSPS) is 10.8. The van der Waals surface area contributed by atoms with Crippen LogP contribution in [0.2, 0.25) is 10.0 Å². The molecular weight excluding hydrogens is 412 g/mol. The van der Waals surface area contributed by atoms with Crippen molar-refractivity contribution in [1.82, 2.24) is 5.32 Å². The number of methoxy groups -OCH3 is 1. The summed E-state index contributed by atoms with van der Waals surface area (Å²) < 4.78 is 24.5. The van der Waals surface area contributed by atoms with E-state index >= 15 is 0 Å². The third-order valence-electron chi connectivity index (χ3n) is 4.44. The molecule has 0 spiro atoms. The Balaban J connectivity index is 1.61. The molecule has 0 saturated carbocycles. The SMILES string of the molecule is COc1cc(CNCCc2ccccc2)cc(Cl)c1OCc1ccc(F)cc1Cl. The van der Waals surface area contributed by atoms with Crippen LogP contribution in [0.3, 0.4) is 0 Å². The molecule has 0 fully saturated rings. The molecule has 0 bridgehead atoms. The van der Waals surface area contributed by atoms with Gasteiger partial charge in [0.05, 0.1) is 17.2 Å². The Hall–Kier alpha value is -2.27. The van der Waals surface area contributed by atoms with Crippen LogP contribution in [0.4, 0.5) is 4.39 Å². The van der Waals surface area contributed by atoms with E-state index in [2.05, 4.69) is 17.4 Å². The lowest BCUT2D eigenvalue weighted by atomic mass is 10.1. The van der Waals surface area contributed by atoms with Crippen molar-refractivity contribution in [3.8, 4) is 11.5 Å². The summed E-state index contributed by atoms with van der Waals surface area (Å²) in [7, 11) is 1.57. The molecule has 152 valence electrons. The van der Waals surface area contributed by atoms with Crippen molar-refractivity contribution in [3.63, 3.8) is 0 Å². The fourth-order valence-corrected chi connectivity index (χ4v) is 3.42. The van der Waals surface area contributed by atoms with Crippen molar-refractivity contribution >= 4 is 23.2 Å². The van der Waals surface area contributed by atoms with E-state index < -0.39 is 5.82 Å². The lowest BCUT2D eigenvalue weighted by Crippen LogP contribution is -2.16. The highest BCUT2D eigenvalue weighted by atomic mass is 35.5. The number of nitrogens with one attached hydrogen (secondary N) is 1. The van der Waals surface area contributed by atoms with E-state index in [0.717, 1.165) is 18.5 Å². The fourth-order valence-electron chi connectivity index (χ4n) is 2.91. The standard InChI is InChI=1S/C23H22Cl2FNO2/c1-28-22-12-17(14-27-10-9-16-5-3-2-4-6-16)11-21(25)23(22)29-15-18-7-8-19(26)13-20(18)24/h2-8,11-13,27H,9-10,14-15H2,1H3. The van der Waals surface area contributed by atoms with Crippen molar-refractivity contribution in [1.29, 1.82) is 0 Å². The van der Waals surface area contributed by atoms with Gasteiger partial charge in [-0.25, -0.2) is 4.39 Å². The quantitative estimate of drug-likeness (QED) is 0.416. The Labute approximate surface area is 180 Å². The summed E-state index contributed by atoms with van der Waals surface area (Å²) in [6, 6.07) is 18.2. The van der Waals surface area contributed by atoms with E-state index in [1.165, 1.54) is 17.7 Å². The number of hydrogen-bond donors (Lipinski definition) is 1. The van der Waals surface area contributed by atoms with E-state index in [-0.39, 0.29) is 6.61 Å². The molecule has 3 aromatic carbocycles. The molecule has 0 saturated heterocycles. The Morgan fingerprint density at radius 3 is 2.45 bits per heavy atom. The first-order valence-electron chi connectivity index (χ1n) is 9.24. The van der Waals surface area contributed by atoms with Crippen molar-refractivity contribution in [2.45, 2.75) is 19.6 Å². The van der Waals surface area contributed by atoms with Gasteiger partial charge in [-0.1, -0.05) is 59.6 Å². The van der Waals surface area contributed by atoms with Crippen LogP contribution in [-0.4, -0.2) is 13.7 Å². The molecule has 0 heterocycles. The average molecular weight is 434 g/mol. The van der Waals surface area contributed by atoms with Crippen molar-refractivity contribution < 1.29 is 13.9 Å². The molecule has 0 radical (unpaired) electrons. The second kappa shape index (κ2) is 10.5. The molecule has 0 aliphatic rings. The van der Waals surface area contributed by atoms with Crippen LogP contribution in [0, 0.1) is 5.82 Å². The van der Waals surface area contributed by atoms with Gasteiger partial charge in [0.2, 0.25) is 0 Å². The highest BCUT2D eigenvalue weighted by molar-refractivity contribution is 6.32. The summed E-state index contributed by atoms with van der Waals surface area (Å²) in [6.07, 6.45) is 0.950. The molecule has 3 aromatic rings. The van der Waals surface area contributed by atoms with Crippen molar-refractivity contribution in [2.24, 2.45) is 0 Å². The zero-order chi connectivity index (χ0) is 20.6. The predicted molar refractivity (Wildman–Crippen MR) is 116 cm³/mol. The summed E-state index contributed by atoms with van der Waals surface area (Å²) in [6.45, 7) is 1.67. The molecule has 6 heteroatoms. The zero-order valence-corrected chi connectivity index (χ0v) is 17.6. The maximum absolute atomic E-state index is 13.2. The molecule has 0 aliphatic carbocycles. The molecule has 0 aromatic heterocycles. The van der Waals surface area contributed by atoms with Gasteiger partial charge in [0.25, 0.3) is 0 Å². The number of halogens is 3. The molecule has 29 heavy (non-hydrogen) atoms. The molecule has 0 atom stereocenters. The lowest BCUT2D eigenvalue weighted by Gasteiger charge is -2.15. The third-order valence-corrected chi connectivity index (χ3v) is 5.07. The molecule has 0 amide bonds. The van der Waals surface area contributed by atoms with Gasteiger partial charge in [-0.15, -0.1) is 0 Å². The highest BCUT2D eigenvalue weighted by Gasteiger charge is 2.13. The summed E-state index contributed by atoms with van der Waals surface area (Å²) in [4.78, 5) is 0. The first-order chi connectivity index (χ1) is 14.1. The van der Waals surface area contributed by atoms with Gasteiger partial charge in [0, 0.05) is 12.1 Å². The number of ether oxygens (including phenoxy) is 2. The molecule has 0 unspecified atom stereocenters. The molecule has 1 N–H and O–H groups in total. The van der Waals surface area contributed by atoms with Crippen LogP contribution >= 0.6 is 23.2 Å². The van der Waals surface area contributed by atoms with Gasteiger partial charge in [-0.3, -0.25) is 0 Å². The zero-order valence-electron chi connectivity index (χ0n) is 16.1. The van der Waals surface area contributed by atoms with Crippen LogP contribution in [0.1, 0.15) is 16.7 Å². The summed E-state index contributed by atoms with van der Waals surface area (Å²) >= 11 is 12.5. The molecule has 0 aliphatic heterocycles. The van der Waals surface area contributed by atoms with E-state index in [0.29, 0.717) is 33.7 Å². The largest absolute Gasteiger partial charge is 0.493 e. The first kappa shape index (κ1) is 21.4. The first-order valence-corrected chi connectivity index (χ1v) is 10.00. The predicted octanol–water partition coefficient (Wildman–Crippen LogP) is 6.05. The van der Waals surface area contributed by atoms with E-state index in [1.807, 2.05) is 30.3 Å². The Morgan fingerprint density at radius 2 is 1.72 bits per heavy atom. The summed E-state index contributed by atoms with van der Waals surface area (Å²) in [5, 5.41) is 4.16. The topological polar surface area (TPSA) is 30.5 Å². The Bertz CT molecular complexity index is 951. The van der Waals surface area contributed by atoms with Crippen LogP contribution in [0.15, 0.2) is 60.7 Å². The van der Waals surface area contributed by atoms with E-state index in [9.17, 15) is 4.39 Å². The van der Waals surface area contributed by atoms with Crippen molar-refractivity contribution in [3.05, 3.63) is 93.2 Å². The lowest BCUT2D eigenvalue weighted by molar-refractivity contribution is 0.284. The second-order valence-electron chi connectivity index (χ2n) is 6.55. The van der Waals surface area contributed by atoms with E-state index in [1.54, 1.807) is 13.2 Å². The number of rotatable bonds is 9. The smallest absolute Gasteiger partial charge is 0.180 e. The molecule has 3 rings (SSSR count). The van der Waals surface area contributed by atoms with Gasteiger partial charge in [-0.05, 0) is 48.4 Å². The maximum atomic E-state index is 13.2. The minimum atomic E-state index is -0.390. The monoisotopic (exact) mass is 433 g/mol. The minimum Gasteiger partial charge on any atom is -0.493 e. The van der Waals surface area contributed by atoms with Gasteiger partial charge >= 0.3 is 0 Å². The van der Waals surface area contributed by atoms with E-state index in [4.69, 9.17) is 32.7 Å². The van der Waals surface area contributed by atoms with Gasteiger partial charge < -0.3 is 14.8 Å². The van der Waals surface area contributed by atoms with Crippen LogP contribution < -0.4 is 14.8 Å². The molecular formula is C23H22Cl2FNO2. The van der Waals surface area contributed by atoms with Crippen LogP contribution in [0.25, 0.3) is 0 Å². The number of hydrogen-bond acceptors (Lipinski definition) is 3. The fraction of sp³-hybridized carbons (Fsp3) is 0.217. The van der Waals surface area contributed by atoms with Gasteiger partial charge in [0.1, 0.15) is 12.4 Å². The number of benzene rings is 3. The highest BCUT2D eigenvalue weighted by Crippen LogP contribution is 2.37. The summed E-state index contributed by atoms with van der Waals surface area (Å²) in [5.74, 6) is 0.580. The Kier molecular flexibility index (Phi) is 7.76. The second-order valence-corrected chi connectivity index (χ2v) is 7.36. The van der Waals surface area contributed by atoms with Crippen molar-refractivity contribution in [2.75, 3.05) is 13.7 Å². The van der Waals surface area contributed by atoms with Gasteiger partial charge in [0.15, 0.2) is 11.5 Å². The van der Waals surface area contributed by atoms with Crippen LogP contribution in [0.5, 0.6) is 11.5 Å². The maximum Gasteiger partial charge on any atom is 0.180 e. The van der Waals surface area contributed by atoms with Gasteiger partial charge in [-0.2, -0.15) is 0 Å². The summed E-state index contributed by atoms with van der Waals surface area (Å²) in [5.41, 5.74) is 2.95. The third kappa shape index (κ3) is 6.10. The Morgan fingerprint density at radius 1 is 0.931 bits per heavy atom. The van der Waals surface area contributed by atoms with Crippen LogP contribution in [-0.2, 0) is 19.6 Å². The molecule has 3 nitrogen and oxygen atoms in total. The minimum absolute atomic E-state index is 0.157. The average Bonchev–Trinajstić information content (AvgIpc) is 2.72.